The van der Waals surface area contributed by atoms with Crippen LogP contribution in [0.5, 0.6) is 11.5 Å². The average molecular weight is 327 g/mol. The van der Waals surface area contributed by atoms with Crippen LogP contribution in [-0.2, 0) is 0 Å². The smallest absolute Gasteiger partial charge is 0.222 e. The predicted octanol–water partition coefficient (Wildman–Crippen LogP) is 3.48. The van der Waals surface area contributed by atoms with Crippen LogP contribution in [0.4, 0.5) is 5.88 Å². The van der Waals surface area contributed by atoms with Crippen LogP contribution in [0.1, 0.15) is 13.8 Å². The molecule has 0 aliphatic rings. The number of benzene rings is 1. The number of nitrogen functional groups attached to an aromatic ring is 1. The van der Waals surface area contributed by atoms with E-state index in [0.717, 1.165) is 15.8 Å². The maximum atomic E-state index is 5.62. The van der Waals surface area contributed by atoms with Crippen LogP contribution in [0, 0.1) is 0 Å². The summed E-state index contributed by atoms with van der Waals surface area (Å²) >= 11 is 3.47. The number of halogens is 1. The van der Waals surface area contributed by atoms with Crippen molar-refractivity contribution < 1.29 is 14.0 Å². The van der Waals surface area contributed by atoms with Gasteiger partial charge in [0.2, 0.25) is 5.88 Å². The van der Waals surface area contributed by atoms with Gasteiger partial charge >= 0.3 is 0 Å². The summed E-state index contributed by atoms with van der Waals surface area (Å²) in [6, 6.07) is 5.37. The molecule has 0 unspecified atom stereocenters. The summed E-state index contributed by atoms with van der Waals surface area (Å²) in [7, 11) is 0. The highest BCUT2D eigenvalue weighted by Crippen LogP contribution is 2.38. The lowest BCUT2D eigenvalue weighted by Crippen LogP contribution is -1.98. The van der Waals surface area contributed by atoms with Gasteiger partial charge in [0.25, 0.3) is 0 Å². The van der Waals surface area contributed by atoms with Crippen molar-refractivity contribution in [2.45, 2.75) is 13.8 Å². The van der Waals surface area contributed by atoms with E-state index in [4.69, 9.17) is 19.7 Å². The molecule has 2 N–H and O–H groups in total. The molecule has 0 bridgehead atoms. The first-order valence-corrected chi connectivity index (χ1v) is 6.76. The first kappa shape index (κ1) is 13.7. The van der Waals surface area contributed by atoms with Gasteiger partial charge in [-0.05, 0) is 35.8 Å². The molecule has 2 rings (SSSR count). The van der Waals surface area contributed by atoms with E-state index < -0.39 is 0 Å². The molecule has 2 aromatic rings. The Bertz CT molecular complexity index is 569. The maximum absolute atomic E-state index is 5.62. The molecule has 0 fully saturated rings. The summed E-state index contributed by atoms with van der Waals surface area (Å²) in [6.07, 6.45) is 0. The van der Waals surface area contributed by atoms with Crippen molar-refractivity contribution in [2.75, 3.05) is 18.9 Å². The fraction of sp³-hybridized carbons (Fsp3) is 0.308. The quantitative estimate of drug-likeness (QED) is 0.910. The molecule has 5 nitrogen and oxygen atoms in total. The van der Waals surface area contributed by atoms with Crippen LogP contribution in [-0.4, -0.2) is 18.4 Å². The Morgan fingerprint density at radius 2 is 1.84 bits per heavy atom. The monoisotopic (exact) mass is 326 g/mol. The summed E-state index contributed by atoms with van der Waals surface area (Å²) in [6.45, 7) is 4.98. The standard InChI is InChI=1S/C13H15BrN2O3/c1-3-17-11-7-12(18-4-2)9(14)5-8(11)10-6-13(15)19-16-10/h5-7H,3-4,15H2,1-2H3. The minimum atomic E-state index is 0.266. The van der Waals surface area contributed by atoms with Crippen LogP contribution >= 0.6 is 15.9 Å². The van der Waals surface area contributed by atoms with Gasteiger partial charge < -0.3 is 19.7 Å². The molecular formula is C13H15BrN2O3. The molecule has 1 aromatic carbocycles. The molecule has 0 aliphatic heterocycles. The first-order valence-electron chi connectivity index (χ1n) is 5.97. The van der Waals surface area contributed by atoms with Crippen molar-refractivity contribution in [1.29, 1.82) is 0 Å². The van der Waals surface area contributed by atoms with Crippen LogP contribution in [0.25, 0.3) is 11.3 Å². The van der Waals surface area contributed by atoms with Crippen molar-refractivity contribution in [3.8, 4) is 22.8 Å². The third kappa shape index (κ3) is 3.01. The second-order valence-electron chi connectivity index (χ2n) is 3.76. The van der Waals surface area contributed by atoms with E-state index in [-0.39, 0.29) is 5.88 Å². The Balaban J connectivity index is 2.49. The Hall–Kier alpha value is -1.69. The van der Waals surface area contributed by atoms with Gasteiger partial charge in [-0.15, -0.1) is 0 Å². The third-order valence-electron chi connectivity index (χ3n) is 2.44. The molecule has 19 heavy (non-hydrogen) atoms. The Morgan fingerprint density at radius 1 is 1.16 bits per heavy atom. The zero-order valence-corrected chi connectivity index (χ0v) is 12.4. The summed E-state index contributed by atoms with van der Waals surface area (Å²) in [5.41, 5.74) is 6.98. The highest BCUT2D eigenvalue weighted by molar-refractivity contribution is 9.10. The highest BCUT2D eigenvalue weighted by atomic mass is 79.9. The molecule has 1 aromatic heterocycles. The SMILES string of the molecule is CCOc1cc(OCC)c(-c2cc(N)on2)cc1Br. The maximum Gasteiger partial charge on any atom is 0.222 e. The molecule has 0 amide bonds. The second-order valence-corrected chi connectivity index (χ2v) is 4.61. The zero-order valence-electron chi connectivity index (χ0n) is 10.8. The van der Waals surface area contributed by atoms with Crippen molar-refractivity contribution in [3.05, 3.63) is 22.7 Å². The van der Waals surface area contributed by atoms with Crippen LogP contribution in [0.2, 0.25) is 0 Å². The van der Waals surface area contributed by atoms with Gasteiger partial charge in [0.1, 0.15) is 17.2 Å². The van der Waals surface area contributed by atoms with E-state index in [1.54, 1.807) is 6.07 Å². The topological polar surface area (TPSA) is 70.5 Å². The number of ether oxygens (including phenoxy) is 2. The molecule has 0 saturated carbocycles. The summed E-state index contributed by atoms with van der Waals surface area (Å²) in [5, 5.41) is 3.90. The van der Waals surface area contributed by atoms with Gasteiger partial charge in [-0.25, -0.2) is 0 Å². The van der Waals surface area contributed by atoms with Gasteiger partial charge in [-0.2, -0.15) is 0 Å². The normalized spacial score (nSPS) is 10.5. The Morgan fingerprint density at radius 3 is 2.42 bits per heavy atom. The lowest BCUT2D eigenvalue weighted by atomic mass is 10.1. The van der Waals surface area contributed by atoms with Crippen molar-refractivity contribution in [2.24, 2.45) is 0 Å². The van der Waals surface area contributed by atoms with E-state index >= 15 is 0 Å². The van der Waals surface area contributed by atoms with Gasteiger partial charge in [0.15, 0.2) is 0 Å². The summed E-state index contributed by atoms with van der Waals surface area (Å²) in [4.78, 5) is 0. The predicted molar refractivity (Wildman–Crippen MR) is 76.4 cm³/mol. The number of hydrogen-bond acceptors (Lipinski definition) is 5. The highest BCUT2D eigenvalue weighted by Gasteiger charge is 2.15. The number of anilines is 1. The van der Waals surface area contributed by atoms with Crippen molar-refractivity contribution >= 4 is 21.8 Å². The minimum absolute atomic E-state index is 0.266. The minimum Gasteiger partial charge on any atom is -0.493 e. The largest absolute Gasteiger partial charge is 0.493 e. The van der Waals surface area contributed by atoms with Gasteiger partial charge in [-0.3, -0.25) is 0 Å². The lowest BCUT2D eigenvalue weighted by molar-refractivity contribution is 0.322. The average Bonchev–Trinajstić information content (AvgIpc) is 2.80. The first-order chi connectivity index (χ1) is 9.15. The van der Waals surface area contributed by atoms with Gasteiger partial charge in [-0.1, -0.05) is 5.16 Å². The number of rotatable bonds is 5. The van der Waals surface area contributed by atoms with E-state index in [1.807, 2.05) is 26.0 Å². The summed E-state index contributed by atoms with van der Waals surface area (Å²) < 4.78 is 16.9. The van der Waals surface area contributed by atoms with E-state index in [9.17, 15) is 0 Å². The molecule has 0 radical (unpaired) electrons. The van der Waals surface area contributed by atoms with Crippen LogP contribution in [0.15, 0.2) is 27.2 Å². The fourth-order valence-electron chi connectivity index (χ4n) is 1.69. The van der Waals surface area contributed by atoms with Crippen molar-refractivity contribution in [1.82, 2.24) is 5.16 Å². The number of nitrogens with zero attached hydrogens (tertiary/aromatic N) is 1. The van der Waals surface area contributed by atoms with Gasteiger partial charge in [0, 0.05) is 17.7 Å². The molecular weight excluding hydrogens is 312 g/mol. The number of nitrogens with two attached hydrogens (primary N) is 1. The van der Waals surface area contributed by atoms with Crippen LogP contribution in [0.3, 0.4) is 0 Å². The van der Waals surface area contributed by atoms with E-state index in [0.29, 0.717) is 24.7 Å². The molecule has 0 spiro atoms. The van der Waals surface area contributed by atoms with Gasteiger partial charge in [0.05, 0.1) is 17.7 Å². The van der Waals surface area contributed by atoms with E-state index in [2.05, 4.69) is 21.1 Å². The fourth-order valence-corrected chi connectivity index (χ4v) is 2.15. The van der Waals surface area contributed by atoms with Crippen LogP contribution < -0.4 is 15.2 Å². The van der Waals surface area contributed by atoms with E-state index in [1.165, 1.54) is 0 Å². The molecule has 6 heteroatoms. The lowest BCUT2D eigenvalue weighted by Gasteiger charge is -2.12. The number of aromatic nitrogens is 1. The molecule has 102 valence electrons. The van der Waals surface area contributed by atoms with Crippen molar-refractivity contribution in [3.63, 3.8) is 0 Å². The summed E-state index contributed by atoms with van der Waals surface area (Å²) in [5.74, 6) is 1.68. The molecule has 1 heterocycles. The Labute approximate surface area is 119 Å². The molecule has 0 aliphatic carbocycles. The molecule has 0 atom stereocenters. The Kier molecular flexibility index (Phi) is 4.31. The zero-order chi connectivity index (χ0) is 13.8. The second kappa shape index (κ2) is 5.97. The third-order valence-corrected chi connectivity index (χ3v) is 3.06. The number of hydrogen-bond donors (Lipinski definition) is 1. The molecule has 0 saturated heterocycles.